The highest BCUT2D eigenvalue weighted by Crippen LogP contribution is 2.29. The van der Waals surface area contributed by atoms with Crippen LogP contribution in [0.4, 0.5) is 0 Å². The molecule has 1 aliphatic rings. The fourth-order valence-corrected chi connectivity index (χ4v) is 2.77. The number of nitrogens with zero attached hydrogens (tertiary/aromatic N) is 3. The number of methoxy groups -OCH3 is 1. The lowest BCUT2D eigenvalue weighted by Gasteiger charge is -2.31. The molecule has 2 heterocycles. The van der Waals surface area contributed by atoms with Crippen molar-refractivity contribution >= 4 is 5.91 Å². The Bertz CT molecular complexity index is 499. The second-order valence-corrected chi connectivity index (χ2v) is 5.65. The van der Waals surface area contributed by atoms with Gasteiger partial charge in [-0.25, -0.2) is 9.97 Å². The van der Waals surface area contributed by atoms with E-state index in [4.69, 9.17) is 9.47 Å². The van der Waals surface area contributed by atoms with Crippen LogP contribution in [0.2, 0.25) is 0 Å². The molecule has 1 amide bonds. The van der Waals surface area contributed by atoms with Gasteiger partial charge >= 0.3 is 0 Å². The molecule has 0 aliphatic carbocycles. The molecule has 1 aromatic rings. The monoisotopic (exact) mass is 307 g/mol. The third kappa shape index (κ3) is 4.48. The topological polar surface area (TPSA) is 64.6 Å². The second kappa shape index (κ2) is 8.19. The molecule has 1 saturated heterocycles. The first kappa shape index (κ1) is 16.8. The molecule has 0 saturated carbocycles. The molecule has 122 valence electrons. The van der Waals surface area contributed by atoms with Gasteiger partial charge in [-0.3, -0.25) is 4.79 Å². The van der Waals surface area contributed by atoms with Crippen molar-refractivity contribution in [2.45, 2.75) is 39.2 Å². The molecule has 0 bridgehead atoms. The molecule has 1 aromatic heterocycles. The zero-order valence-corrected chi connectivity index (χ0v) is 13.7. The third-order valence-corrected chi connectivity index (χ3v) is 4.03. The number of likely N-dealkylation sites (tertiary alicyclic amines) is 1. The van der Waals surface area contributed by atoms with E-state index in [0.717, 1.165) is 43.0 Å². The average Bonchev–Trinajstić information content (AvgIpc) is 2.53. The summed E-state index contributed by atoms with van der Waals surface area (Å²) in [7, 11) is 1.66. The van der Waals surface area contributed by atoms with Crippen LogP contribution in [0.1, 0.15) is 42.8 Å². The highest BCUT2D eigenvalue weighted by molar-refractivity contribution is 5.73. The van der Waals surface area contributed by atoms with Gasteiger partial charge in [0.15, 0.2) is 0 Å². The lowest BCUT2D eigenvalue weighted by Crippen LogP contribution is -2.36. The third-order valence-electron chi connectivity index (χ3n) is 4.03. The molecular formula is C16H25N3O3. The quantitative estimate of drug-likeness (QED) is 0.748. The van der Waals surface area contributed by atoms with Crippen LogP contribution < -0.4 is 0 Å². The van der Waals surface area contributed by atoms with Crippen molar-refractivity contribution in [3.8, 4) is 0 Å². The normalized spacial score (nSPS) is 16.0. The molecule has 0 aromatic carbocycles. The second-order valence-electron chi connectivity index (χ2n) is 5.65. The summed E-state index contributed by atoms with van der Waals surface area (Å²) >= 11 is 0. The summed E-state index contributed by atoms with van der Waals surface area (Å²) < 4.78 is 10.6. The van der Waals surface area contributed by atoms with Gasteiger partial charge in [0.1, 0.15) is 5.82 Å². The van der Waals surface area contributed by atoms with Crippen LogP contribution in [0.15, 0.2) is 6.20 Å². The van der Waals surface area contributed by atoms with E-state index in [2.05, 4.69) is 9.97 Å². The van der Waals surface area contributed by atoms with Crippen LogP contribution in [-0.2, 0) is 20.9 Å². The van der Waals surface area contributed by atoms with Crippen molar-refractivity contribution in [2.24, 2.45) is 0 Å². The lowest BCUT2D eigenvalue weighted by molar-refractivity contribution is -0.129. The number of ether oxygens (including phenoxy) is 2. The van der Waals surface area contributed by atoms with E-state index in [1.165, 1.54) is 0 Å². The summed E-state index contributed by atoms with van der Waals surface area (Å²) in [6, 6.07) is 0. The van der Waals surface area contributed by atoms with E-state index in [-0.39, 0.29) is 5.91 Å². The van der Waals surface area contributed by atoms with Gasteiger partial charge in [-0.1, -0.05) is 0 Å². The average molecular weight is 307 g/mol. The first-order valence-corrected chi connectivity index (χ1v) is 7.76. The molecule has 6 nitrogen and oxygen atoms in total. The van der Waals surface area contributed by atoms with Crippen LogP contribution in [0, 0.1) is 6.92 Å². The van der Waals surface area contributed by atoms with Crippen molar-refractivity contribution in [2.75, 3.05) is 33.4 Å². The smallest absolute Gasteiger partial charge is 0.219 e. The molecule has 0 atom stereocenters. The number of aryl methyl sites for hydroxylation is 1. The summed E-state index contributed by atoms with van der Waals surface area (Å²) in [6.45, 7) is 6.78. The number of hydrogen-bond donors (Lipinski definition) is 0. The molecular weight excluding hydrogens is 282 g/mol. The molecule has 0 unspecified atom stereocenters. The maximum absolute atomic E-state index is 11.4. The van der Waals surface area contributed by atoms with Gasteiger partial charge in [-0.05, 0) is 19.8 Å². The highest BCUT2D eigenvalue weighted by Gasteiger charge is 2.25. The van der Waals surface area contributed by atoms with Gasteiger partial charge < -0.3 is 14.4 Å². The van der Waals surface area contributed by atoms with E-state index in [1.807, 2.05) is 18.0 Å². The van der Waals surface area contributed by atoms with Gasteiger partial charge in [0.25, 0.3) is 0 Å². The van der Waals surface area contributed by atoms with Crippen molar-refractivity contribution in [3.63, 3.8) is 0 Å². The first-order valence-electron chi connectivity index (χ1n) is 7.76. The van der Waals surface area contributed by atoms with Crippen LogP contribution in [0.25, 0.3) is 0 Å². The lowest BCUT2D eigenvalue weighted by atomic mass is 9.91. The molecule has 2 rings (SSSR count). The molecule has 0 radical (unpaired) electrons. The molecule has 0 spiro atoms. The Morgan fingerprint density at radius 2 is 2.09 bits per heavy atom. The summed E-state index contributed by atoms with van der Waals surface area (Å²) in [5, 5.41) is 0. The van der Waals surface area contributed by atoms with Gasteiger partial charge in [0.2, 0.25) is 5.91 Å². The van der Waals surface area contributed by atoms with Crippen molar-refractivity contribution < 1.29 is 14.3 Å². The SMILES string of the molecule is COCCOCc1cnc(C)nc1C1CCN(C(C)=O)CC1. The van der Waals surface area contributed by atoms with E-state index < -0.39 is 0 Å². The van der Waals surface area contributed by atoms with E-state index in [9.17, 15) is 4.79 Å². The Kier molecular flexibility index (Phi) is 6.27. The Morgan fingerprint density at radius 3 is 2.73 bits per heavy atom. The van der Waals surface area contributed by atoms with Gasteiger partial charge in [-0.2, -0.15) is 0 Å². The molecule has 0 N–H and O–H groups in total. The van der Waals surface area contributed by atoms with E-state index >= 15 is 0 Å². The van der Waals surface area contributed by atoms with Gasteiger partial charge in [-0.15, -0.1) is 0 Å². The minimum Gasteiger partial charge on any atom is -0.382 e. The molecule has 1 aliphatic heterocycles. The standard InChI is InChI=1S/C16H25N3O3/c1-12-17-10-15(11-22-9-8-21-3)16(18-12)14-4-6-19(7-5-14)13(2)20/h10,14H,4-9,11H2,1-3H3. The summed E-state index contributed by atoms with van der Waals surface area (Å²) in [5.74, 6) is 1.31. The number of amides is 1. The van der Waals surface area contributed by atoms with Crippen molar-refractivity contribution in [3.05, 3.63) is 23.3 Å². The number of aromatic nitrogens is 2. The Labute approximate surface area is 131 Å². The number of carbonyl (C=O) groups excluding carboxylic acids is 1. The zero-order chi connectivity index (χ0) is 15.9. The zero-order valence-electron chi connectivity index (χ0n) is 13.7. The molecule has 6 heteroatoms. The minimum absolute atomic E-state index is 0.153. The van der Waals surface area contributed by atoms with Crippen molar-refractivity contribution in [1.82, 2.24) is 14.9 Å². The predicted molar refractivity (Wildman–Crippen MR) is 82.5 cm³/mol. The number of rotatable bonds is 6. The Balaban J connectivity index is 2.02. The summed E-state index contributed by atoms with van der Waals surface area (Å²) in [6.07, 6.45) is 3.75. The van der Waals surface area contributed by atoms with Crippen molar-refractivity contribution in [1.29, 1.82) is 0 Å². The van der Waals surface area contributed by atoms with E-state index in [1.54, 1.807) is 14.0 Å². The van der Waals surface area contributed by atoms with Crippen LogP contribution in [-0.4, -0.2) is 54.2 Å². The Morgan fingerprint density at radius 1 is 1.36 bits per heavy atom. The van der Waals surface area contributed by atoms with Crippen LogP contribution in [0.3, 0.4) is 0 Å². The Hall–Kier alpha value is -1.53. The van der Waals surface area contributed by atoms with Crippen LogP contribution >= 0.6 is 0 Å². The summed E-state index contributed by atoms with van der Waals surface area (Å²) in [4.78, 5) is 22.3. The van der Waals surface area contributed by atoms with Crippen LogP contribution in [0.5, 0.6) is 0 Å². The fourth-order valence-electron chi connectivity index (χ4n) is 2.77. The number of carbonyl (C=O) groups is 1. The maximum atomic E-state index is 11.4. The van der Waals surface area contributed by atoms with Gasteiger partial charge in [0.05, 0.1) is 25.5 Å². The first-order chi connectivity index (χ1) is 10.6. The number of hydrogen-bond acceptors (Lipinski definition) is 5. The molecule has 22 heavy (non-hydrogen) atoms. The predicted octanol–water partition coefficient (Wildman–Crippen LogP) is 1.67. The van der Waals surface area contributed by atoms with E-state index in [0.29, 0.717) is 25.7 Å². The fraction of sp³-hybridized carbons (Fsp3) is 0.688. The number of piperidine rings is 1. The van der Waals surface area contributed by atoms with Gasteiger partial charge in [0, 0.05) is 44.8 Å². The largest absolute Gasteiger partial charge is 0.382 e. The minimum atomic E-state index is 0.153. The maximum Gasteiger partial charge on any atom is 0.219 e. The summed E-state index contributed by atoms with van der Waals surface area (Å²) in [5.41, 5.74) is 2.12. The highest BCUT2D eigenvalue weighted by atomic mass is 16.5. The molecule has 1 fully saturated rings.